The van der Waals surface area contributed by atoms with Crippen LogP contribution >= 0.6 is 0 Å². The Morgan fingerprint density at radius 2 is 1.81 bits per heavy atom. The number of hydrogen-bond acceptors (Lipinski definition) is 7. The highest BCUT2D eigenvalue weighted by Crippen LogP contribution is 2.29. The van der Waals surface area contributed by atoms with Gasteiger partial charge in [-0.3, -0.25) is 4.79 Å². The van der Waals surface area contributed by atoms with Crippen molar-refractivity contribution in [3.8, 4) is 0 Å². The summed E-state index contributed by atoms with van der Waals surface area (Å²) in [5, 5.41) is 15.3. The van der Waals surface area contributed by atoms with Crippen LogP contribution in [0.2, 0.25) is 0 Å². The maximum absolute atomic E-state index is 12.1. The summed E-state index contributed by atoms with van der Waals surface area (Å²) < 4.78 is 1.75. The van der Waals surface area contributed by atoms with Crippen molar-refractivity contribution in [3.05, 3.63) is 64.8 Å². The van der Waals surface area contributed by atoms with Crippen molar-refractivity contribution in [1.82, 2.24) is 30.0 Å². The van der Waals surface area contributed by atoms with E-state index in [0.717, 1.165) is 51.3 Å². The molecular formula is C27H34N8O. The molecule has 0 saturated heterocycles. The van der Waals surface area contributed by atoms with Gasteiger partial charge in [-0.2, -0.15) is 10.1 Å². The lowest BCUT2D eigenvalue weighted by atomic mass is 10.0. The van der Waals surface area contributed by atoms with Crippen molar-refractivity contribution in [2.45, 2.75) is 33.7 Å². The van der Waals surface area contributed by atoms with Gasteiger partial charge in [0.25, 0.3) is 0 Å². The Hall–Kier alpha value is -3.98. The third-order valence-electron chi connectivity index (χ3n) is 6.08. The van der Waals surface area contributed by atoms with E-state index in [9.17, 15) is 4.79 Å². The van der Waals surface area contributed by atoms with Gasteiger partial charge in [-0.15, -0.1) is 0 Å². The van der Waals surface area contributed by atoms with Gasteiger partial charge in [-0.05, 0) is 68.8 Å². The first-order valence-electron chi connectivity index (χ1n) is 12.1. The van der Waals surface area contributed by atoms with Crippen molar-refractivity contribution < 1.29 is 4.79 Å². The van der Waals surface area contributed by atoms with Crippen LogP contribution in [-0.2, 0) is 24.8 Å². The molecule has 2 heterocycles. The lowest BCUT2D eigenvalue weighted by Gasteiger charge is -2.14. The number of benzene rings is 2. The molecule has 0 unspecified atom stereocenters. The Balaban J connectivity index is 1.55. The second-order valence-electron chi connectivity index (χ2n) is 9.27. The first-order chi connectivity index (χ1) is 17.2. The molecule has 0 saturated carbocycles. The predicted octanol–water partition coefficient (Wildman–Crippen LogP) is 4.21. The summed E-state index contributed by atoms with van der Waals surface area (Å²) >= 11 is 0. The molecule has 0 atom stereocenters. The maximum atomic E-state index is 12.1. The molecule has 2 aromatic heterocycles. The minimum Gasteiger partial charge on any atom is -0.351 e. The number of anilines is 4. The first-order valence-corrected chi connectivity index (χ1v) is 12.1. The smallest absolute Gasteiger partial charge is 0.234 e. The van der Waals surface area contributed by atoms with Crippen LogP contribution in [0.4, 0.5) is 23.1 Å². The van der Waals surface area contributed by atoms with Crippen LogP contribution in [0.3, 0.4) is 0 Å². The number of para-hydroxylation sites is 1. The van der Waals surface area contributed by atoms with Crippen molar-refractivity contribution in [1.29, 1.82) is 0 Å². The number of nitrogens with zero attached hydrogens (tertiary/aromatic N) is 5. The number of fused-ring (bicyclic) bond motifs is 1. The molecule has 0 aliphatic heterocycles. The normalized spacial score (nSPS) is 11.2. The summed E-state index contributed by atoms with van der Waals surface area (Å²) in [4.78, 5) is 23.2. The van der Waals surface area contributed by atoms with Crippen LogP contribution in [0.25, 0.3) is 11.0 Å². The number of likely N-dealkylation sites (N-methyl/N-ethyl adjacent to an activating group) is 1. The molecule has 0 radical (unpaired) electrons. The third-order valence-corrected chi connectivity index (χ3v) is 6.08. The van der Waals surface area contributed by atoms with Crippen LogP contribution in [0.5, 0.6) is 0 Å². The van der Waals surface area contributed by atoms with Crippen LogP contribution in [0.1, 0.15) is 29.2 Å². The quantitative estimate of drug-likeness (QED) is 0.326. The van der Waals surface area contributed by atoms with Gasteiger partial charge in [0.15, 0.2) is 11.5 Å². The monoisotopic (exact) mass is 486 g/mol. The topological polar surface area (TPSA) is 100 Å². The number of carbonyl (C=O) groups is 1. The molecule has 0 aliphatic carbocycles. The number of nitrogens with one attached hydrogen (secondary N) is 3. The van der Waals surface area contributed by atoms with E-state index in [-0.39, 0.29) is 5.91 Å². The van der Waals surface area contributed by atoms with Crippen molar-refractivity contribution >= 4 is 40.1 Å². The molecule has 3 N–H and O–H groups in total. The zero-order chi connectivity index (χ0) is 25.8. The summed E-state index contributed by atoms with van der Waals surface area (Å²) in [6.45, 7) is 7.09. The van der Waals surface area contributed by atoms with Crippen LogP contribution in [0.15, 0.2) is 42.6 Å². The van der Waals surface area contributed by atoms with E-state index >= 15 is 0 Å². The van der Waals surface area contributed by atoms with E-state index in [1.807, 2.05) is 44.2 Å². The molecule has 1 amide bonds. The van der Waals surface area contributed by atoms with Gasteiger partial charge >= 0.3 is 0 Å². The molecule has 2 aromatic carbocycles. The zero-order valence-corrected chi connectivity index (χ0v) is 21.8. The van der Waals surface area contributed by atoms with Gasteiger partial charge in [-0.1, -0.05) is 31.2 Å². The van der Waals surface area contributed by atoms with Gasteiger partial charge in [0.2, 0.25) is 11.9 Å². The summed E-state index contributed by atoms with van der Waals surface area (Å²) in [6, 6.07) is 12.3. The lowest BCUT2D eigenvalue weighted by molar-refractivity contribution is -0.121. The Morgan fingerprint density at radius 3 is 2.50 bits per heavy atom. The Morgan fingerprint density at radius 1 is 1.06 bits per heavy atom. The Labute approximate surface area is 211 Å². The molecule has 0 aliphatic rings. The van der Waals surface area contributed by atoms with E-state index in [4.69, 9.17) is 4.98 Å². The molecule has 9 nitrogen and oxygen atoms in total. The predicted molar refractivity (Wildman–Crippen MR) is 145 cm³/mol. The number of aryl methyl sites for hydroxylation is 4. The maximum Gasteiger partial charge on any atom is 0.234 e. The second-order valence-corrected chi connectivity index (χ2v) is 9.27. The SMILES string of the molecule is CCc1ccc(Nc2ncc3c(Nc4c(C)cccc4C)nn(C)c3n2)cc1CNC(=O)CN(C)C. The molecule has 0 spiro atoms. The van der Waals surface area contributed by atoms with Crippen LogP contribution < -0.4 is 16.0 Å². The summed E-state index contributed by atoms with van der Waals surface area (Å²) in [7, 11) is 5.63. The van der Waals surface area contributed by atoms with E-state index in [2.05, 4.69) is 65.0 Å². The number of hydrogen-bond donors (Lipinski definition) is 3. The number of rotatable bonds is 9. The Kier molecular flexibility index (Phi) is 7.49. The molecule has 4 aromatic rings. The van der Waals surface area contributed by atoms with Gasteiger partial charge in [0.1, 0.15) is 0 Å². The average Bonchev–Trinajstić information content (AvgIpc) is 3.14. The average molecular weight is 487 g/mol. The molecule has 9 heteroatoms. The highest BCUT2D eigenvalue weighted by molar-refractivity contribution is 5.90. The fraction of sp³-hybridized carbons (Fsp3) is 0.333. The van der Waals surface area contributed by atoms with Gasteiger partial charge in [0.05, 0.1) is 11.9 Å². The van der Waals surface area contributed by atoms with E-state index in [0.29, 0.717) is 19.0 Å². The van der Waals surface area contributed by atoms with E-state index in [1.165, 1.54) is 5.56 Å². The van der Waals surface area contributed by atoms with Crippen LogP contribution in [-0.4, -0.2) is 51.2 Å². The van der Waals surface area contributed by atoms with Crippen molar-refractivity contribution in [3.63, 3.8) is 0 Å². The minimum atomic E-state index is -0.00397. The highest BCUT2D eigenvalue weighted by Gasteiger charge is 2.14. The largest absolute Gasteiger partial charge is 0.351 e. The lowest BCUT2D eigenvalue weighted by Crippen LogP contribution is -2.33. The zero-order valence-electron chi connectivity index (χ0n) is 21.8. The number of amides is 1. The van der Waals surface area contributed by atoms with Gasteiger partial charge in [-0.25, -0.2) is 9.67 Å². The number of aromatic nitrogens is 4. The molecule has 188 valence electrons. The fourth-order valence-electron chi connectivity index (χ4n) is 4.20. The highest BCUT2D eigenvalue weighted by atomic mass is 16.2. The third kappa shape index (κ3) is 5.63. The van der Waals surface area contributed by atoms with E-state index < -0.39 is 0 Å². The van der Waals surface area contributed by atoms with Crippen molar-refractivity contribution in [2.24, 2.45) is 7.05 Å². The molecule has 4 rings (SSSR count). The Bertz CT molecular complexity index is 1370. The standard InChI is InChI=1S/C27H34N8O/c1-7-19-11-12-21(13-20(19)14-28-23(36)16-34(4)5)30-27-29-15-22-25(33-35(6)26(22)32-27)31-24-17(2)9-8-10-18(24)3/h8-13,15H,7,14,16H2,1-6H3,(H,28,36)(H,31,33)(H,29,30,32). The summed E-state index contributed by atoms with van der Waals surface area (Å²) in [5.74, 6) is 1.20. The van der Waals surface area contributed by atoms with Crippen molar-refractivity contribution in [2.75, 3.05) is 31.3 Å². The van der Waals surface area contributed by atoms with Gasteiger partial charge in [0, 0.05) is 31.2 Å². The molecule has 36 heavy (non-hydrogen) atoms. The molecule has 0 fully saturated rings. The second kappa shape index (κ2) is 10.7. The van der Waals surface area contributed by atoms with Gasteiger partial charge < -0.3 is 20.9 Å². The van der Waals surface area contributed by atoms with E-state index in [1.54, 1.807) is 10.9 Å². The molecule has 0 bridgehead atoms. The molecular weight excluding hydrogens is 452 g/mol. The fourth-order valence-corrected chi connectivity index (χ4v) is 4.20. The summed E-state index contributed by atoms with van der Waals surface area (Å²) in [6.07, 6.45) is 2.67. The number of carbonyl (C=O) groups excluding carboxylic acids is 1. The summed E-state index contributed by atoms with van der Waals surface area (Å²) in [5.41, 5.74) is 7.18. The first kappa shape index (κ1) is 25.1. The van der Waals surface area contributed by atoms with Crippen LogP contribution in [0, 0.1) is 13.8 Å². The minimum absolute atomic E-state index is 0.00397.